The minimum atomic E-state index is -0.339. The number of urea groups is 1. The van der Waals surface area contributed by atoms with Crippen molar-refractivity contribution in [2.45, 2.75) is 6.42 Å². The van der Waals surface area contributed by atoms with Crippen LogP contribution in [0, 0.1) is 0 Å². The van der Waals surface area contributed by atoms with E-state index >= 15 is 0 Å². The SMILES string of the molecule is O=C(Nc1ccccc1)Nc1ccc(C(=O)NCCc2ccccn2)cc1. The van der Waals surface area contributed by atoms with Gasteiger partial charge in [0, 0.05) is 41.8 Å². The number of aromatic nitrogens is 1. The number of carbonyl (C=O) groups excluding carboxylic acids is 2. The minimum absolute atomic E-state index is 0.161. The Morgan fingerprint density at radius 1 is 0.778 bits per heavy atom. The maximum Gasteiger partial charge on any atom is 0.323 e. The third kappa shape index (κ3) is 5.67. The quantitative estimate of drug-likeness (QED) is 0.627. The van der Waals surface area contributed by atoms with E-state index in [-0.39, 0.29) is 11.9 Å². The molecule has 0 aliphatic heterocycles. The molecule has 136 valence electrons. The van der Waals surface area contributed by atoms with E-state index in [1.807, 2.05) is 36.4 Å². The smallest absolute Gasteiger partial charge is 0.323 e. The molecule has 0 unspecified atom stereocenters. The van der Waals surface area contributed by atoms with Crippen molar-refractivity contribution < 1.29 is 9.59 Å². The number of nitrogens with one attached hydrogen (secondary N) is 3. The average Bonchev–Trinajstić information content (AvgIpc) is 2.70. The Balaban J connectivity index is 1.47. The summed E-state index contributed by atoms with van der Waals surface area (Å²) < 4.78 is 0. The van der Waals surface area contributed by atoms with Gasteiger partial charge in [0.15, 0.2) is 0 Å². The highest BCUT2D eigenvalue weighted by atomic mass is 16.2. The topological polar surface area (TPSA) is 83.1 Å². The summed E-state index contributed by atoms with van der Waals surface area (Å²) >= 11 is 0. The molecule has 6 nitrogen and oxygen atoms in total. The molecule has 0 saturated carbocycles. The van der Waals surface area contributed by atoms with E-state index in [0.29, 0.717) is 29.9 Å². The van der Waals surface area contributed by atoms with Gasteiger partial charge in [-0.05, 0) is 48.5 Å². The van der Waals surface area contributed by atoms with Crippen LogP contribution in [-0.2, 0) is 6.42 Å². The van der Waals surface area contributed by atoms with Crippen LogP contribution < -0.4 is 16.0 Å². The normalized spacial score (nSPS) is 10.1. The molecule has 0 atom stereocenters. The monoisotopic (exact) mass is 360 g/mol. The number of nitrogens with zero attached hydrogens (tertiary/aromatic N) is 1. The van der Waals surface area contributed by atoms with Gasteiger partial charge in [-0.1, -0.05) is 24.3 Å². The molecule has 0 saturated heterocycles. The fraction of sp³-hybridized carbons (Fsp3) is 0.0952. The molecule has 1 heterocycles. The van der Waals surface area contributed by atoms with Crippen LogP contribution in [0.15, 0.2) is 79.0 Å². The summed E-state index contributed by atoms with van der Waals surface area (Å²) in [5, 5.41) is 8.33. The molecule has 0 bridgehead atoms. The van der Waals surface area contributed by atoms with E-state index in [1.165, 1.54) is 0 Å². The predicted octanol–water partition coefficient (Wildman–Crippen LogP) is 3.70. The Kier molecular flexibility index (Phi) is 6.14. The number of carbonyl (C=O) groups is 2. The van der Waals surface area contributed by atoms with E-state index in [2.05, 4.69) is 20.9 Å². The van der Waals surface area contributed by atoms with Gasteiger partial charge in [-0.15, -0.1) is 0 Å². The summed E-state index contributed by atoms with van der Waals surface area (Å²) in [6.45, 7) is 0.509. The molecule has 0 aliphatic carbocycles. The third-order valence-electron chi connectivity index (χ3n) is 3.83. The van der Waals surface area contributed by atoms with E-state index in [9.17, 15) is 9.59 Å². The van der Waals surface area contributed by atoms with Crippen LogP contribution in [0.1, 0.15) is 16.1 Å². The molecule has 0 radical (unpaired) electrons. The molecule has 1 aromatic heterocycles. The molecule has 27 heavy (non-hydrogen) atoms. The average molecular weight is 360 g/mol. The molecule has 2 aromatic carbocycles. The lowest BCUT2D eigenvalue weighted by Crippen LogP contribution is -2.26. The van der Waals surface area contributed by atoms with Gasteiger partial charge in [-0.2, -0.15) is 0 Å². The van der Waals surface area contributed by atoms with Gasteiger partial charge >= 0.3 is 6.03 Å². The number of amides is 3. The Morgan fingerprint density at radius 3 is 2.11 bits per heavy atom. The van der Waals surface area contributed by atoms with Crippen LogP contribution in [0.5, 0.6) is 0 Å². The largest absolute Gasteiger partial charge is 0.352 e. The molecule has 3 aromatic rings. The second-order valence-corrected chi connectivity index (χ2v) is 5.85. The maximum atomic E-state index is 12.2. The number of hydrogen-bond acceptors (Lipinski definition) is 3. The number of rotatable bonds is 6. The zero-order chi connectivity index (χ0) is 18.9. The van der Waals surface area contributed by atoms with Crippen molar-refractivity contribution in [2.24, 2.45) is 0 Å². The van der Waals surface area contributed by atoms with Gasteiger partial charge in [0.1, 0.15) is 0 Å². The standard InChI is InChI=1S/C21H20N4O2/c26-20(23-15-13-17-6-4-5-14-22-17)16-9-11-19(12-10-16)25-21(27)24-18-7-2-1-3-8-18/h1-12,14H,13,15H2,(H,23,26)(H2,24,25,27). The fourth-order valence-corrected chi connectivity index (χ4v) is 2.47. The van der Waals surface area contributed by atoms with Crippen molar-refractivity contribution in [1.29, 1.82) is 0 Å². The highest BCUT2D eigenvalue weighted by Crippen LogP contribution is 2.11. The maximum absolute atomic E-state index is 12.2. The summed E-state index contributed by atoms with van der Waals surface area (Å²) in [5.74, 6) is -0.161. The first-order chi connectivity index (χ1) is 13.2. The molecule has 0 fully saturated rings. The first-order valence-electron chi connectivity index (χ1n) is 8.62. The lowest BCUT2D eigenvalue weighted by molar-refractivity contribution is 0.0954. The van der Waals surface area contributed by atoms with E-state index < -0.39 is 0 Å². The molecule has 0 aliphatic rings. The van der Waals surface area contributed by atoms with Crippen molar-refractivity contribution in [3.05, 3.63) is 90.3 Å². The van der Waals surface area contributed by atoms with E-state index in [0.717, 1.165) is 5.69 Å². The van der Waals surface area contributed by atoms with Gasteiger partial charge in [0.25, 0.3) is 5.91 Å². The number of benzene rings is 2. The summed E-state index contributed by atoms with van der Waals surface area (Å²) in [4.78, 5) is 28.4. The zero-order valence-corrected chi connectivity index (χ0v) is 14.7. The number of hydrogen-bond donors (Lipinski definition) is 3. The highest BCUT2D eigenvalue weighted by molar-refractivity contribution is 6.00. The van der Waals surface area contributed by atoms with Crippen molar-refractivity contribution in [1.82, 2.24) is 10.3 Å². The van der Waals surface area contributed by atoms with Crippen LogP contribution in [0.3, 0.4) is 0 Å². The van der Waals surface area contributed by atoms with Crippen molar-refractivity contribution in [3.63, 3.8) is 0 Å². The highest BCUT2D eigenvalue weighted by Gasteiger charge is 2.07. The molecule has 6 heteroatoms. The Labute approximate surface area is 157 Å². The predicted molar refractivity (Wildman–Crippen MR) is 106 cm³/mol. The van der Waals surface area contributed by atoms with Crippen LogP contribution in [-0.4, -0.2) is 23.5 Å². The Bertz CT molecular complexity index is 881. The summed E-state index contributed by atoms with van der Waals surface area (Å²) in [6, 6.07) is 21.3. The fourth-order valence-electron chi connectivity index (χ4n) is 2.47. The van der Waals surface area contributed by atoms with E-state index in [1.54, 1.807) is 42.6 Å². The molecule has 0 spiro atoms. The van der Waals surface area contributed by atoms with Crippen molar-refractivity contribution in [3.8, 4) is 0 Å². The van der Waals surface area contributed by atoms with Gasteiger partial charge in [0.2, 0.25) is 0 Å². The number of pyridine rings is 1. The van der Waals surface area contributed by atoms with Crippen molar-refractivity contribution >= 4 is 23.3 Å². The van der Waals surface area contributed by atoms with Gasteiger partial charge < -0.3 is 16.0 Å². The second-order valence-electron chi connectivity index (χ2n) is 5.85. The van der Waals surface area contributed by atoms with Crippen LogP contribution >= 0.6 is 0 Å². The Morgan fingerprint density at radius 2 is 1.44 bits per heavy atom. The summed E-state index contributed by atoms with van der Waals surface area (Å²) in [6.07, 6.45) is 2.41. The molecule has 3 amide bonds. The van der Waals surface area contributed by atoms with Crippen LogP contribution in [0.25, 0.3) is 0 Å². The lowest BCUT2D eigenvalue weighted by Gasteiger charge is -2.09. The third-order valence-corrected chi connectivity index (χ3v) is 3.83. The molecular weight excluding hydrogens is 340 g/mol. The molecule has 3 N–H and O–H groups in total. The Hall–Kier alpha value is -3.67. The van der Waals surface area contributed by atoms with Crippen LogP contribution in [0.4, 0.5) is 16.2 Å². The number of para-hydroxylation sites is 1. The van der Waals surface area contributed by atoms with Gasteiger partial charge in [0.05, 0.1) is 0 Å². The second kappa shape index (κ2) is 9.15. The lowest BCUT2D eigenvalue weighted by atomic mass is 10.2. The summed E-state index contributed by atoms with van der Waals surface area (Å²) in [7, 11) is 0. The van der Waals surface area contributed by atoms with Gasteiger partial charge in [-0.25, -0.2) is 4.79 Å². The minimum Gasteiger partial charge on any atom is -0.352 e. The van der Waals surface area contributed by atoms with Crippen molar-refractivity contribution in [2.75, 3.05) is 17.2 Å². The van der Waals surface area contributed by atoms with Crippen LogP contribution in [0.2, 0.25) is 0 Å². The van der Waals surface area contributed by atoms with E-state index in [4.69, 9.17) is 0 Å². The van der Waals surface area contributed by atoms with Gasteiger partial charge in [-0.3, -0.25) is 9.78 Å². The first kappa shape index (κ1) is 18.1. The first-order valence-corrected chi connectivity index (χ1v) is 8.62. The molecular formula is C21H20N4O2. The summed E-state index contributed by atoms with van der Waals surface area (Å²) in [5.41, 5.74) is 2.78. The zero-order valence-electron chi connectivity index (χ0n) is 14.7. The molecule has 3 rings (SSSR count). The number of anilines is 2.